The van der Waals surface area contributed by atoms with E-state index < -0.39 is 5.97 Å². The van der Waals surface area contributed by atoms with Gasteiger partial charge < -0.3 is 5.11 Å². The minimum atomic E-state index is -0.800. The van der Waals surface area contributed by atoms with E-state index in [2.05, 4.69) is 4.90 Å². The van der Waals surface area contributed by atoms with Crippen molar-refractivity contribution in [3.8, 4) is 0 Å². The molecule has 0 aromatic carbocycles. The van der Waals surface area contributed by atoms with Crippen molar-refractivity contribution in [2.45, 2.75) is 25.3 Å². The standard InChI is InChI=1S/C12H18N2O4S/c15-10-1-2-11(16)14(10)4-3-13-5-6-19-8-9(13)7-12(17)18/h9H,1-8H2,(H,17,18). The number of hydrogen-bond donors (Lipinski definition) is 1. The number of nitrogens with zero attached hydrogens (tertiary/aromatic N) is 2. The molecule has 7 heteroatoms. The summed E-state index contributed by atoms with van der Waals surface area (Å²) in [7, 11) is 0. The zero-order valence-corrected chi connectivity index (χ0v) is 11.5. The lowest BCUT2D eigenvalue weighted by Crippen LogP contribution is -2.47. The summed E-state index contributed by atoms with van der Waals surface area (Å²) in [5, 5.41) is 8.89. The number of rotatable bonds is 5. The molecular weight excluding hydrogens is 268 g/mol. The van der Waals surface area contributed by atoms with Crippen LogP contribution in [0.25, 0.3) is 0 Å². The van der Waals surface area contributed by atoms with Gasteiger partial charge in [-0.2, -0.15) is 11.8 Å². The Morgan fingerprint density at radius 1 is 1.26 bits per heavy atom. The van der Waals surface area contributed by atoms with E-state index in [1.54, 1.807) is 11.8 Å². The molecule has 106 valence electrons. The molecule has 1 unspecified atom stereocenters. The minimum absolute atomic E-state index is 0.00376. The molecule has 2 amide bonds. The summed E-state index contributed by atoms with van der Waals surface area (Å²) in [6.07, 6.45) is 0.745. The smallest absolute Gasteiger partial charge is 0.304 e. The summed E-state index contributed by atoms with van der Waals surface area (Å²) >= 11 is 1.76. The van der Waals surface area contributed by atoms with Crippen LogP contribution < -0.4 is 0 Å². The van der Waals surface area contributed by atoms with E-state index in [1.807, 2.05) is 0 Å². The van der Waals surface area contributed by atoms with Crippen molar-refractivity contribution in [3.05, 3.63) is 0 Å². The summed E-state index contributed by atoms with van der Waals surface area (Å²) in [6, 6.07) is 0.00376. The Balaban J connectivity index is 1.87. The van der Waals surface area contributed by atoms with Crippen molar-refractivity contribution in [1.29, 1.82) is 0 Å². The average Bonchev–Trinajstić information content (AvgIpc) is 2.68. The fourth-order valence-corrected chi connectivity index (χ4v) is 3.60. The Labute approximate surface area is 116 Å². The van der Waals surface area contributed by atoms with Crippen LogP contribution in [0.3, 0.4) is 0 Å². The Bertz CT molecular complexity index is 372. The van der Waals surface area contributed by atoms with Gasteiger partial charge in [0.2, 0.25) is 11.8 Å². The van der Waals surface area contributed by atoms with E-state index >= 15 is 0 Å². The molecule has 6 nitrogen and oxygen atoms in total. The molecule has 1 N–H and O–H groups in total. The van der Waals surface area contributed by atoms with Gasteiger partial charge in [-0.3, -0.25) is 24.2 Å². The normalized spacial score (nSPS) is 25.1. The zero-order chi connectivity index (χ0) is 13.8. The van der Waals surface area contributed by atoms with Crippen molar-refractivity contribution in [2.24, 2.45) is 0 Å². The Morgan fingerprint density at radius 3 is 2.58 bits per heavy atom. The van der Waals surface area contributed by atoms with Crippen LogP contribution in [0.2, 0.25) is 0 Å². The van der Waals surface area contributed by atoms with Gasteiger partial charge in [0.25, 0.3) is 0 Å². The Hall–Kier alpha value is -1.08. The van der Waals surface area contributed by atoms with Crippen molar-refractivity contribution in [3.63, 3.8) is 0 Å². The highest BCUT2D eigenvalue weighted by molar-refractivity contribution is 7.99. The summed E-state index contributed by atoms with van der Waals surface area (Å²) in [4.78, 5) is 37.2. The lowest BCUT2D eigenvalue weighted by atomic mass is 10.2. The van der Waals surface area contributed by atoms with E-state index in [0.717, 1.165) is 18.1 Å². The second-order valence-corrected chi connectivity index (χ2v) is 5.95. The SMILES string of the molecule is O=C(O)CC1CSCCN1CCN1C(=O)CCC1=O. The second kappa shape index (κ2) is 6.38. The van der Waals surface area contributed by atoms with E-state index in [1.165, 1.54) is 4.90 Å². The molecule has 2 heterocycles. The van der Waals surface area contributed by atoms with E-state index in [9.17, 15) is 14.4 Å². The van der Waals surface area contributed by atoms with Gasteiger partial charge in [0.15, 0.2) is 0 Å². The molecular formula is C12H18N2O4S. The number of amides is 2. The molecule has 0 spiro atoms. The number of imide groups is 1. The van der Waals surface area contributed by atoms with E-state index in [0.29, 0.717) is 25.9 Å². The minimum Gasteiger partial charge on any atom is -0.481 e. The fraction of sp³-hybridized carbons (Fsp3) is 0.750. The number of likely N-dealkylation sites (tertiary alicyclic amines) is 1. The van der Waals surface area contributed by atoms with Gasteiger partial charge >= 0.3 is 5.97 Å². The maximum atomic E-state index is 11.5. The molecule has 2 aliphatic heterocycles. The molecule has 2 fully saturated rings. The van der Waals surface area contributed by atoms with Gasteiger partial charge in [-0.25, -0.2) is 0 Å². The van der Waals surface area contributed by atoms with Crippen LogP contribution in [0, 0.1) is 0 Å². The van der Waals surface area contributed by atoms with Crippen LogP contribution >= 0.6 is 11.8 Å². The van der Waals surface area contributed by atoms with Gasteiger partial charge in [-0.1, -0.05) is 0 Å². The number of thioether (sulfide) groups is 1. The molecule has 0 aromatic rings. The summed E-state index contributed by atoms with van der Waals surface area (Å²) in [5.41, 5.74) is 0. The summed E-state index contributed by atoms with van der Waals surface area (Å²) in [5.74, 6) is 0.759. The summed E-state index contributed by atoms with van der Waals surface area (Å²) < 4.78 is 0. The number of carbonyl (C=O) groups excluding carboxylic acids is 2. The predicted octanol–water partition coefficient (Wildman–Crippen LogP) is 0.0275. The lowest BCUT2D eigenvalue weighted by molar-refractivity contribution is -0.140. The largest absolute Gasteiger partial charge is 0.481 e. The number of aliphatic carboxylic acids is 1. The quantitative estimate of drug-likeness (QED) is 0.718. The van der Waals surface area contributed by atoms with Crippen LogP contribution in [0.1, 0.15) is 19.3 Å². The second-order valence-electron chi connectivity index (χ2n) is 4.80. The molecule has 2 saturated heterocycles. The highest BCUT2D eigenvalue weighted by Gasteiger charge is 2.30. The maximum absolute atomic E-state index is 11.5. The molecule has 19 heavy (non-hydrogen) atoms. The molecule has 1 atom stereocenters. The monoisotopic (exact) mass is 286 g/mol. The molecule has 2 rings (SSSR count). The third-order valence-electron chi connectivity index (χ3n) is 3.53. The summed E-state index contributed by atoms with van der Waals surface area (Å²) in [6.45, 7) is 1.78. The Kier molecular flexibility index (Phi) is 4.81. The first-order valence-corrected chi connectivity index (χ1v) is 7.60. The number of carboxylic acid groups (broad SMARTS) is 1. The van der Waals surface area contributed by atoms with Crippen molar-refractivity contribution in [1.82, 2.24) is 9.80 Å². The zero-order valence-electron chi connectivity index (χ0n) is 10.7. The third kappa shape index (κ3) is 3.70. The Morgan fingerprint density at radius 2 is 1.95 bits per heavy atom. The molecule has 0 aliphatic carbocycles. The van der Waals surface area contributed by atoms with Gasteiger partial charge in [0, 0.05) is 50.0 Å². The van der Waals surface area contributed by atoms with Crippen molar-refractivity contribution in [2.75, 3.05) is 31.1 Å². The maximum Gasteiger partial charge on any atom is 0.304 e. The van der Waals surface area contributed by atoms with Crippen LogP contribution in [-0.2, 0) is 14.4 Å². The number of carbonyl (C=O) groups is 3. The first-order chi connectivity index (χ1) is 9.08. The molecule has 0 radical (unpaired) electrons. The van der Waals surface area contributed by atoms with Crippen molar-refractivity contribution < 1.29 is 19.5 Å². The highest BCUT2D eigenvalue weighted by Crippen LogP contribution is 2.19. The molecule has 2 aliphatic rings. The van der Waals surface area contributed by atoms with Gasteiger partial charge in [0.05, 0.1) is 6.42 Å². The molecule has 0 aromatic heterocycles. The lowest BCUT2D eigenvalue weighted by Gasteiger charge is -2.35. The van der Waals surface area contributed by atoms with Gasteiger partial charge in [-0.15, -0.1) is 0 Å². The van der Waals surface area contributed by atoms with E-state index in [-0.39, 0.29) is 24.3 Å². The van der Waals surface area contributed by atoms with E-state index in [4.69, 9.17) is 5.11 Å². The number of hydrogen-bond acceptors (Lipinski definition) is 5. The van der Waals surface area contributed by atoms with Crippen LogP contribution in [-0.4, -0.2) is 69.9 Å². The topological polar surface area (TPSA) is 77.9 Å². The molecule has 0 bridgehead atoms. The average molecular weight is 286 g/mol. The van der Waals surface area contributed by atoms with Crippen molar-refractivity contribution >= 4 is 29.5 Å². The van der Waals surface area contributed by atoms with Gasteiger partial charge in [-0.05, 0) is 0 Å². The highest BCUT2D eigenvalue weighted by atomic mass is 32.2. The fourth-order valence-electron chi connectivity index (χ4n) is 2.47. The first-order valence-electron chi connectivity index (χ1n) is 6.44. The number of carboxylic acids is 1. The van der Waals surface area contributed by atoms with Crippen LogP contribution in [0.5, 0.6) is 0 Å². The predicted molar refractivity (Wildman–Crippen MR) is 70.9 cm³/mol. The van der Waals surface area contributed by atoms with Crippen LogP contribution in [0.4, 0.5) is 0 Å². The molecule has 0 saturated carbocycles. The van der Waals surface area contributed by atoms with Gasteiger partial charge in [0.1, 0.15) is 0 Å². The first kappa shape index (κ1) is 14.3. The van der Waals surface area contributed by atoms with Crippen LogP contribution in [0.15, 0.2) is 0 Å². The third-order valence-corrected chi connectivity index (χ3v) is 4.62.